The monoisotopic (exact) mass is 246 g/mol. The van der Waals surface area contributed by atoms with Crippen LogP contribution in [0, 0.1) is 0 Å². The molecule has 96 valence electrons. The van der Waals surface area contributed by atoms with E-state index >= 15 is 0 Å². The quantitative estimate of drug-likeness (QED) is 0.279. The van der Waals surface area contributed by atoms with Crippen molar-refractivity contribution in [1.82, 2.24) is 9.78 Å². The zero-order valence-electron chi connectivity index (χ0n) is 10.5. The van der Waals surface area contributed by atoms with Crippen LogP contribution in [-0.2, 0) is 6.54 Å². The molecule has 3 N–H and O–H groups in total. The summed E-state index contributed by atoms with van der Waals surface area (Å²) in [4.78, 5) is 0. The topological polar surface area (TPSA) is 76.4 Å². The van der Waals surface area contributed by atoms with Crippen molar-refractivity contribution < 1.29 is 5.21 Å². The van der Waals surface area contributed by atoms with Gasteiger partial charge in [0.25, 0.3) is 0 Å². The highest BCUT2D eigenvalue weighted by molar-refractivity contribution is 6.00. The van der Waals surface area contributed by atoms with Crippen molar-refractivity contribution in [2.45, 2.75) is 32.7 Å². The minimum atomic E-state index is 0.121. The lowest BCUT2D eigenvalue weighted by Gasteiger charge is -2.03. The molecule has 5 heteroatoms. The molecule has 0 saturated heterocycles. The fourth-order valence-corrected chi connectivity index (χ4v) is 1.99. The van der Waals surface area contributed by atoms with Gasteiger partial charge in [0, 0.05) is 17.5 Å². The van der Waals surface area contributed by atoms with Crippen LogP contribution in [-0.4, -0.2) is 20.8 Å². The van der Waals surface area contributed by atoms with E-state index in [2.05, 4.69) is 17.2 Å². The number of unbranched alkanes of at least 4 members (excludes halogenated alkanes) is 2. The minimum Gasteiger partial charge on any atom is -0.409 e. The second-order valence-corrected chi connectivity index (χ2v) is 4.33. The van der Waals surface area contributed by atoms with Crippen molar-refractivity contribution in [2.24, 2.45) is 10.9 Å². The molecule has 0 spiro atoms. The number of hydrogen-bond donors (Lipinski definition) is 2. The number of benzene rings is 1. The number of oxime groups is 1. The van der Waals surface area contributed by atoms with Crippen LogP contribution < -0.4 is 5.73 Å². The zero-order valence-corrected chi connectivity index (χ0v) is 10.5. The van der Waals surface area contributed by atoms with Crippen LogP contribution in [0.5, 0.6) is 0 Å². The predicted octanol–water partition coefficient (Wildman–Crippen LogP) is 2.32. The number of aryl methyl sites for hydroxylation is 1. The predicted molar refractivity (Wildman–Crippen MR) is 71.8 cm³/mol. The highest BCUT2D eigenvalue weighted by atomic mass is 16.4. The molecule has 0 aliphatic carbocycles. The Bertz CT molecular complexity index is 559. The van der Waals surface area contributed by atoms with Gasteiger partial charge in [0.05, 0.1) is 11.7 Å². The van der Waals surface area contributed by atoms with Crippen LogP contribution in [0.3, 0.4) is 0 Å². The van der Waals surface area contributed by atoms with Crippen molar-refractivity contribution in [3.63, 3.8) is 0 Å². The normalized spacial score (nSPS) is 12.2. The molecule has 5 nitrogen and oxygen atoms in total. The third-order valence-corrected chi connectivity index (χ3v) is 3.02. The first-order chi connectivity index (χ1) is 8.76. The summed E-state index contributed by atoms with van der Waals surface area (Å²) in [6, 6.07) is 5.69. The molecule has 0 radical (unpaired) electrons. The molecule has 0 atom stereocenters. The number of hydrogen-bond acceptors (Lipinski definition) is 3. The molecule has 0 fully saturated rings. The number of nitrogens with two attached hydrogens (primary N) is 1. The van der Waals surface area contributed by atoms with E-state index in [4.69, 9.17) is 10.9 Å². The van der Waals surface area contributed by atoms with E-state index in [0.29, 0.717) is 5.56 Å². The SMILES string of the molecule is CCCCCn1ncc2cc(C(N)=NO)ccc21. The lowest BCUT2D eigenvalue weighted by atomic mass is 10.1. The Morgan fingerprint density at radius 1 is 1.44 bits per heavy atom. The van der Waals surface area contributed by atoms with Gasteiger partial charge in [0.1, 0.15) is 0 Å². The largest absolute Gasteiger partial charge is 0.409 e. The molecule has 0 saturated carbocycles. The first kappa shape index (κ1) is 12.4. The lowest BCUT2D eigenvalue weighted by Crippen LogP contribution is -2.12. The fraction of sp³-hybridized carbons (Fsp3) is 0.385. The average Bonchev–Trinajstić information content (AvgIpc) is 2.80. The van der Waals surface area contributed by atoms with Crippen LogP contribution in [0.2, 0.25) is 0 Å². The standard InChI is InChI=1S/C13H18N4O/c1-2-3-4-7-17-12-6-5-10(13(14)16-18)8-11(12)9-15-17/h5-6,8-9,18H,2-4,7H2,1H3,(H2,14,16). The van der Waals surface area contributed by atoms with E-state index in [1.54, 1.807) is 0 Å². The van der Waals surface area contributed by atoms with Gasteiger partial charge in [-0.3, -0.25) is 4.68 Å². The molecule has 2 aromatic rings. The maximum atomic E-state index is 8.65. The van der Waals surface area contributed by atoms with Gasteiger partial charge in [0.15, 0.2) is 5.84 Å². The highest BCUT2D eigenvalue weighted by Crippen LogP contribution is 2.16. The van der Waals surface area contributed by atoms with Crippen molar-refractivity contribution >= 4 is 16.7 Å². The van der Waals surface area contributed by atoms with Crippen LogP contribution in [0.1, 0.15) is 31.7 Å². The first-order valence-electron chi connectivity index (χ1n) is 6.19. The number of aromatic nitrogens is 2. The second kappa shape index (κ2) is 5.53. The molecule has 0 aliphatic heterocycles. The number of rotatable bonds is 5. The molecule has 0 aliphatic rings. The van der Waals surface area contributed by atoms with Gasteiger partial charge in [-0.2, -0.15) is 5.10 Å². The Balaban J connectivity index is 2.26. The molecule has 1 aromatic heterocycles. The molecule has 0 bridgehead atoms. The van der Waals surface area contributed by atoms with E-state index in [1.165, 1.54) is 12.8 Å². The van der Waals surface area contributed by atoms with E-state index < -0.39 is 0 Å². The molecule has 0 amide bonds. The summed E-state index contributed by atoms with van der Waals surface area (Å²) < 4.78 is 2.00. The summed E-state index contributed by atoms with van der Waals surface area (Å²) in [5.74, 6) is 0.121. The fourth-order valence-electron chi connectivity index (χ4n) is 1.99. The first-order valence-corrected chi connectivity index (χ1v) is 6.19. The van der Waals surface area contributed by atoms with Crippen molar-refractivity contribution in [3.8, 4) is 0 Å². The Morgan fingerprint density at radius 2 is 2.28 bits per heavy atom. The molecular weight excluding hydrogens is 228 g/mol. The van der Waals surface area contributed by atoms with Gasteiger partial charge in [0.2, 0.25) is 0 Å². The Morgan fingerprint density at radius 3 is 3.00 bits per heavy atom. The van der Waals surface area contributed by atoms with Gasteiger partial charge < -0.3 is 10.9 Å². The van der Waals surface area contributed by atoms with E-state index in [-0.39, 0.29) is 5.84 Å². The molecule has 0 unspecified atom stereocenters. The second-order valence-electron chi connectivity index (χ2n) is 4.33. The Hall–Kier alpha value is -2.04. The smallest absolute Gasteiger partial charge is 0.170 e. The van der Waals surface area contributed by atoms with E-state index in [0.717, 1.165) is 23.9 Å². The van der Waals surface area contributed by atoms with Crippen molar-refractivity contribution in [3.05, 3.63) is 30.0 Å². The van der Waals surface area contributed by atoms with Gasteiger partial charge in [-0.1, -0.05) is 24.9 Å². The van der Waals surface area contributed by atoms with Crippen LogP contribution in [0.25, 0.3) is 10.9 Å². The maximum Gasteiger partial charge on any atom is 0.170 e. The van der Waals surface area contributed by atoms with Crippen LogP contribution >= 0.6 is 0 Å². The molecular formula is C13H18N4O. The number of nitrogens with zero attached hydrogens (tertiary/aromatic N) is 3. The zero-order chi connectivity index (χ0) is 13.0. The van der Waals surface area contributed by atoms with Crippen molar-refractivity contribution in [1.29, 1.82) is 0 Å². The van der Waals surface area contributed by atoms with Crippen LogP contribution in [0.4, 0.5) is 0 Å². The third kappa shape index (κ3) is 2.45. The summed E-state index contributed by atoms with van der Waals surface area (Å²) in [7, 11) is 0. The summed E-state index contributed by atoms with van der Waals surface area (Å²) in [5, 5.41) is 17.0. The summed E-state index contributed by atoms with van der Waals surface area (Å²) in [5.41, 5.74) is 7.35. The summed E-state index contributed by atoms with van der Waals surface area (Å²) in [6.07, 6.45) is 5.36. The molecule has 18 heavy (non-hydrogen) atoms. The summed E-state index contributed by atoms with van der Waals surface area (Å²) >= 11 is 0. The van der Waals surface area contributed by atoms with E-state index in [9.17, 15) is 0 Å². The van der Waals surface area contributed by atoms with Crippen LogP contribution in [0.15, 0.2) is 29.6 Å². The number of fused-ring (bicyclic) bond motifs is 1. The minimum absolute atomic E-state index is 0.121. The molecule has 1 aromatic carbocycles. The lowest BCUT2D eigenvalue weighted by molar-refractivity contribution is 0.318. The maximum absolute atomic E-state index is 8.65. The molecule has 2 rings (SSSR count). The highest BCUT2D eigenvalue weighted by Gasteiger charge is 2.05. The Kier molecular flexibility index (Phi) is 3.82. The average molecular weight is 246 g/mol. The van der Waals surface area contributed by atoms with Crippen molar-refractivity contribution in [2.75, 3.05) is 0 Å². The van der Waals surface area contributed by atoms with E-state index in [1.807, 2.05) is 29.1 Å². The molecule has 1 heterocycles. The van der Waals surface area contributed by atoms with Gasteiger partial charge in [-0.05, 0) is 24.6 Å². The summed E-state index contributed by atoms with van der Waals surface area (Å²) in [6.45, 7) is 3.12. The Labute approximate surface area is 106 Å². The van der Waals surface area contributed by atoms with Gasteiger partial charge in [-0.25, -0.2) is 0 Å². The van der Waals surface area contributed by atoms with Gasteiger partial charge in [-0.15, -0.1) is 0 Å². The van der Waals surface area contributed by atoms with Gasteiger partial charge >= 0.3 is 0 Å². The third-order valence-electron chi connectivity index (χ3n) is 3.02. The number of amidine groups is 1.